The van der Waals surface area contributed by atoms with Gasteiger partial charge in [-0.15, -0.1) is 0 Å². The van der Waals surface area contributed by atoms with Crippen LogP contribution in [0.1, 0.15) is 17.2 Å². The monoisotopic (exact) mass is 421 g/mol. The Kier molecular flexibility index (Phi) is 4.59. The number of anilines is 2. The van der Waals surface area contributed by atoms with Gasteiger partial charge in [0.05, 0.1) is 18.8 Å². The zero-order valence-corrected chi connectivity index (χ0v) is 18.1. The maximum atomic E-state index is 4.26. The molecule has 0 amide bonds. The minimum atomic E-state index is -0.286. The molecule has 0 radical (unpaired) electrons. The van der Waals surface area contributed by atoms with Crippen LogP contribution in [-0.2, 0) is 5.54 Å². The molecule has 0 bridgehead atoms. The van der Waals surface area contributed by atoms with Crippen molar-refractivity contribution >= 4 is 11.4 Å². The molecule has 0 saturated carbocycles. The minimum absolute atomic E-state index is 0.170. The van der Waals surface area contributed by atoms with Gasteiger partial charge in [0.25, 0.3) is 0 Å². The van der Waals surface area contributed by atoms with Crippen LogP contribution < -0.4 is 15.5 Å². The lowest BCUT2D eigenvalue weighted by atomic mass is 9.77. The maximum Gasteiger partial charge on any atom is 0.115 e. The van der Waals surface area contributed by atoms with E-state index in [2.05, 4.69) is 110 Å². The third kappa shape index (κ3) is 2.68. The molecule has 160 valence electrons. The van der Waals surface area contributed by atoms with Gasteiger partial charge in [-0.1, -0.05) is 60.7 Å². The number of nitrogens with one attached hydrogen (secondary N) is 2. The Bertz CT molecular complexity index is 1170. The van der Waals surface area contributed by atoms with Gasteiger partial charge in [0.1, 0.15) is 5.54 Å². The van der Waals surface area contributed by atoms with Crippen molar-refractivity contribution in [1.82, 2.24) is 15.2 Å². The number of para-hydroxylation sites is 1. The summed E-state index contributed by atoms with van der Waals surface area (Å²) in [5.41, 5.74) is 6.02. The second-order valence-electron chi connectivity index (χ2n) is 8.62. The SMILES string of the molecule is CNCC(c1ccccc1)N1CN(c2ccncc2)[C@H]2C=CC=C3Nc4ccccc4C321. The van der Waals surface area contributed by atoms with Gasteiger partial charge in [-0.25, -0.2) is 0 Å². The lowest BCUT2D eigenvalue weighted by Crippen LogP contribution is -2.52. The first kappa shape index (κ1) is 19.3. The summed E-state index contributed by atoms with van der Waals surface area (Å²) in [5, 5.41) is 7.22. The molecule has 2 N–H and O–H groups in total. The van der Waals surface area contributed by atoms with Crippen LogP contribution in [-0.4, -0.2) is 36.2 Å². The number of nitrogens with zero attached hydrogens (tertiary/aromatic N) is 3. The summed E-state index contributed by atoms with van der Waals surface area (Å²) < 4.78 is 0. The standard InChI is InChI=1S/C27H27N5/c1-28-18-24(20-8-3-2-4-9-20)32-19-31(21-14-16-29-17-15-21)26-13-7-12-25-27(26,32)22-10-5-6-11-23(22)30-25/h2-17,24,26,28,30H,18-19H2,1H3/t24?,26-,27?/m0/s1. The fourth-order valence-corrected chi connectivity index (χ4v) is 5.76. The fourth-order valence-electron chi connectivity index (χ4n) is 5.76. The van der Waals surface area contributed by atoms with E-state index in [1.165, 1.54) is 28.2 Å². The summed E-state index contributed by atoms with van der Waals surface area (Å²) in [6.45, 7) is 1.68. The summed E-state index contributed by atoms with van der Waals surface area (Å²) in [6, 6.07) is 24.3. The number of rotatable bonds is 5. The van der Waals surface area contributed by atoms with Crippen molar-refractivity contribution in [2.45, 2.75) is 17.6 Å². The largest absolute Gasteiger partial charge is 0.357 e. The Balaban J connectivity index is 1.58. The molecule has 1 saturated heterocycles. The van der Waals surface area contributed by atoms with Crippen LogP contribution in [0.4, 0.5) is 11.4 Å². The molecule has 1 fully saturated rings. The van der Waals surface area contributed by atoms with Gasteiger partial charge in [-0.05, 0) is 36.9 Å². The lowest BCUT2D eigenvalue weighted by molar-refractivity contribution is 0.114. The highest BCUT2D eigenvalue weighted by molar-refractivity contribution is 5.73. The first-order valence-corrected chi connectivity index (χ1v) is 11.2. The Morgan fingerprint density at radius 3 is 2.66 bits per heavy atom. The Morgan fingerprint density at radius 1 is 1.06 bits per heavy atom. The number of hydrogen-bond acceptors (Lipinski definition) is 5. The van der Waals surface area contributed by atoms with Gasteiger partial charge < -0.3 is 15.5 Å². The number of allylic oxidation sites excluding steroid dienone is 2. The highest BCUT2D eigenvalue weighted by Gasteiger charge is 2.61. The lowest BCUT2D eigenvalue weighted by Gasteiger charge is -2.44. The Hall–Kier alpha value is -3.41. The van der Waals surface area contributed by atoms with E-state index in [-0.39, 0.29) is 17.6 Å². The van der Waals surface area contributed by atoms with Crippen molar-refractivity contribution in [1.29, 1.82) is 0 Å². The molecule has 3 aliphatic rings. The van der Waals surface area contributed by atoms with Crippen LogP contribution in [0.15, 0.2) is 103 Å². The molecule has 2 aromatic carbocycles. The Morgan fingerprint density at radius 2 is 1.84 bits per heavy atom. The van der Waals surface area contributed by atoms with Gasteiger partial charge in [0.2, 0.25) is 0 Å². The third-order valence-corrected chi connectivity index (χ3v) is 7.05. The molecule has 2 unspecified atom stereocenters. The molecule has 1 spiro atoms. The predicted octanol–water partition coefficient (Wildman–Crippen LogP) is 4.27. The van der Waals surface area contributed by atoms with Crippen LogP contribution >= 0.6 is 0 Å². The predicted molar refractivity (Wildman–Crippen MR) is 129 cm³/mol. The van der Waals surface area contributed by atoms with Crippen LogP contribution in [0, 0.1) is 0 Å². The summed E-state index contributed by atoms with van der Waals surface area (Å²) >= 11 is 0. The third-order valence-electron chi connectivity index (χ3n) is 7.05. The maximum absolute atomic E-state index is 4.26. The second-order valence-corrected chi connectivity index (χ2v) is 8.62. The molecule has 3 atom stereocenters. The Labute approximate surface area is 189 Å². The highest BCUT2D eigenvalue weighted by Crippen LogP contribution is 2.57. The van der Waals surface area contributed by atoms with Crippen molar-refractivity contribution in [3.05, 3.63) is 114 Å². The van der Waals surface area contributed by atoms with Gasteiger partial charge in [0, 0.05) is 41.6 Å². The topological polar surface area (TPSA) is 43.4 Å². The zero-order valence-electron chi connectivity index (χ0n) is 18.1. The average molecular weight is 422 g/mol. The van der Waals surface area contributed by atoms with Crippen molar-refractivity contribution in [2.75, 3.05) is 30.5 Å². The van der Waals surface area contributed by atoms with Crippen molar-refractivity contribution in [3.8, 4) is 0 Å². The number of hydrogen-bond donors (Lipinski definition) is 2. The van der Waals surface area contributed by atoms with Crippen molar-refractivity contribution < 1.29 is 0 Å². The van der Waals surface area contributed by atoms with E-state index in [1.54, 1.807) is 0 Å². The molecule has 32 heavy (non-hydrogen) atoms. The quantitative estimate of drug-likeness (QED) is 0.644. The molecule has 5 nitrogen and oxygen atoms in total. The highest BCUT2D eigenvalue weighted by atomic mass is 15.5. The van der Waals surface area contributed by atoms with Crippen LogP contribution in [0.25, 0.3) is 0 Å². The van der Waals surface area contributed by atoms with E-state index < -0.39 is 0 Å². The first-order chi connectivity index (χ1) is 15.8. The number of benzene rings is 2. The summed E-state index contributed by atoms with van der Waals surface area (Å²) in [5.74, 6) is 0. The van der Waals surface area contributed by atoms with E-state index in [0.717, 1.165) is 13.2 Å². The normalized spacial score (nSPS) is 24.3. The number of pyridine rings is 1. The minimum Gasteiger partial charge on any atom is -0.357 e. The molecule has 3 heterocycles. The first-order valence-electron chi connectivity index (χ1n) is 11.2. The number of fused-ring (bicyclic) bond motifs is 1. The number of aromatic nitrogens is 1. The van der Waals surface area contributed by atoms with E-state index >= 15 is 0 Å². The molecule has 1 aliphatic carbocycles. The zero-order chi connectivity index (χ0) is 21.5. The van der Waals surface area contributed by atoms with E-state index in [9.17, 15) is 0 Å². The van der Waals surface area contributed by atoms with Crippen LogP contribution in [0.3, 0.4) is 0 Å². The van der Waals surface area contributed by atoms with Crippen molar-refractivity contribution in [2.24, 2.45) is 0 Å². The molecule has 3 aromatic rings. The van der Waals surface area contributed by atoms with Gasteiger partial charge in [0.15, 0.2) is 0 Å². The van der Waals surface area contributed by atoms with Crippen molar-refractivity contribution in [3.63, 3.8) is 0 Å². The summed E-state index contributed by atoms with van der Waals surface area (Å²) in [7, 11) is 2.04. The van der Waals surface area contributed by atoms with Gasteiger partial charge in [-0.2, -0.15) is 0 Å². The van der Waals surface area contributed by atoms with E-state index in [0.29, 0.717) is 0 Å². The number of likely N-dealkylation sites (N-methyl/N-ethyl adjacent to an activating group) is 1. The molecular weight excluding hydrogens is 394 g/mol. The van der Waals surface area contributed by atoms with Crippen LogP contribution in [0.2, 0.25) is 0 Å². The fraction of sp³-hybridized carbons (Fsp3) is 0.222. The van der Waals surface area contributed by atoms with Gasteiger partial charge in [-0.3, -0.25) is 9.88 Å². The summed E-state index contributed by atoms with van der Waals surface area (Å²) in [6.07, 6.45) is 10.6. The molecule has 6 rings (SSSR count). The average Bonchev–Trinajstić information content (AvgIpc) is 3.38. The molecule has 1 aromatic heterocycles. The van der Waals surface area contributed by atoms with E-state index in [4.69, 9.17) is 0 Å². The van der Waals surface area contributed by atoms with Crippen LogP contribution in [0.5, 0.6) is 0 Å². The van der Waals surface area contributed by atoms with Gasteiger partial charge >= 0.3 is 0 Å². The summed E-state index contributed by atoms with van der Waals surface area (Å²) in [4.78, 5) is 9.45. The molecule has 2 aliphatic heterocycles. The van der Waals surface area contributed by atoms with E-state index in [1.807, 2.05) is 19.4 Å². The second kappa shape index (κ2) is 7.62. The molecule has 5 heteroatoms. The molecular formula is C27H27N5. The smallest absolute Gasteiger partial charge is 0.115 e.